The Hall–Kier alpha value is -3.28. The van der Waals surface area contributed by atoms with Gasteiger partial charge in [-0.25, -0.2) is 0 Å². The van der Waals surface area contributed by atoms with Crippen LogP contribution in [0.4, 0.5) is 5.82 Å². The van der Waals surface area contributed by atoms with E-state index in [1.165, 1.54) is 0 Å². The lowest BCUT2D eigenvalue weighted by atomic mass is 9.95. The summed E-state index contributed by atoms with van der Waals surface area (Å²) in [6.07, 6.45) is 2.56. The summed E-state index contributed by atoms with van der Waals surface area (Å²) in [5.41, 5.74) is 2.67. The molecule has 1 amide bonds. The Morgan fingerprint density at radius 3 is 2.28 bits per heavy atom. The summed E-state index contributed by atoms with van der Waals surface area (Å²) in [6.45, 7) is 4.99. The molecule has 3 aromatic rings. The fourth-order valence-corrected chi connectivity index (χ4v) is 3.76. The van der Waals surface area contributed by atoms with Gasteiger partial charge in [0.05, 0.1) is 11.6 Å². The van der Waals surface area contributed by atoms with Gasteiger partial charge in [0.2, 0.25) is 5.91 Å². The van der Waals surface area contributed by atoms with Crippen molar-refractivity contribution < 1.29 is 4.79 Å². The smallest absolute Gasteiger partial charge is 0.230 e. The van der Waals surface area contributed by atoms with E-state index in [4.69, 9.17) is 0 Å². The maximum atomic E-state index is 13.0. The molecule has 0 radical (unpaired) electrons. The van der Waals surface area contributed by atoms with Gasteiger partial charge in [-0.3, -0.25) is 9.78 Å². The van der Waals surface area contributed by atoms with Crippen LogP contribution in [0.3, 0.4) is 0 Å². The van der Waals surface area contributed by atoms with Crippen molar-refractivity contribution >= 4 is 11.7 Å². The molecule has 6 heteroatoms. The lowest BCUT2D eigenvalue weighted by Crippen LogP contribution is -2.50. The number of pyridine rings is 1. The standard InChI is InChI=1S/C23H25N5O/c1-2-19(18-8-4-3-5-9-18)23(29)28-16-14-27(15-17-28)22-12-11-21(25-26-22)20-10-6-7-13-24-20/h3-13,19H,2,14-17H2,1H3/t19-/m0/s1. The minimum atomic E-state index is -0.0693. The second kappa shape index (κ2) is 8.82. The van der Waals surface area contributed by atoms with Gasteiger partial charge in [0.15, 0.2) is 5.82 Å². The number of nitrogens with zero attached hydrogens (tertiary/aromatic N) is 5. The van der Waals surface area contributed by atoms with Crippen molar-refractivity contribution in [1.82, 2.24) is 20.1 Å². The van der Waals surface area contributed by atoms with Crippen molar-refractivity contribution in [3.05, 3.63) is 72.4 Å². The summed E-state index contributed by atoms with van der Waals surface area (Å²) in [6, 6.07) is 19.7. The van der Waals surface area contributed by atoms with E-state index in [9.17, 15) is 4.79 Å². The van der Waals surface area contributed by atoms with Crippen LogP contribution in [-0.4, -0.2) is 52.2 Å². The van der Waals surface area contributed by atoms with E-state index in [2.05, 4.69) is 27.0 Å². The Balaban J connectivity index is 1.38. The molecule has 1 fully saturated rings. The van der Waals surface area contributed by atoms with Gasteiger partial charge >= 0.3 is 0 Å². The quantitative estimate of drug-likeness (QED) is 0.672. The molecule has 1 aliphatic heterocycles. The Morgan fingerprint density at radius 2 is 1.66 bits per heavy atom. The minimum absolute atomic E-state index is 0.0693. The Labute approximate surface area is 171 Å². The van der Waals surface area contributed by atoms with Crippen LogP contribution in [0.5, 0.6) is 0 Å². The predicted octanol–water partition coefficient (Wildman–Crippen LogP) is 3.38. The van der Waals surface area contributed by atoms with E-state index in [0.717, 1.165) is 42.3 Å². The monoisotopic (exact) mass is 387 g/mol. The molecule has 0 unspecified atom stereocenters. The largest absolute Gasteiger partial charge is 0.352 e. The number of rotatable bonds is 5. The third-order valence-corrected chi connectivity index (χ3v) is 5.40. The highest BCUT2D eigenvalue weighted by Gasteiger charge is 2.27. The summed E-state index contributed by atoms with van der Waals surface area (Å²) in [4.78, 5) is 21.5. The van der Waals surface area contributed by atoms with Gasteiger partial charge in [0.1, 0.15) is 5.69 Å². The molecule has 1 atom stereocenters. The molecular formula is C23H25N5O. The lowest BCUT2D eigenvalue weighted by molar-refractivity contribution is -0.133. The first kappa shape index (κ1) is 19.1. The zero-order chi connectivity index (χ0) is 20.1. The maximum absolute atomic E-state index is 13.0. The molecule has 1 aliphatic rings. The second-order valence-electron chi connectivity index (χ2n) is 7.18. The third kappa shape index (κ3) is 4.26. The number of carbonyl (C=O) groups excluding carboxylic acids is 1. The molecule has 148 valence electrons. The van der Waals surface area contributed by atoms with Crippen molar-refractivity contribution in [1.29, 1.82) is 0 Å². The zero-order valence-corrected chi connectivity index (χ0v) is 16.6. The Morgan fingerprint density at radius 1 is 0.897 bits per heavy atom. The molecule has 1 saturated heterocycles. The van der Waals surface area contributed by atoms with Crippen molar-refractivity contribution in [3.63, 3.8) is 0 Å². The molecular weight excluding hydrogens is 362 g/mol. The van der Waals surface area contributed by atoms with Crippen molar-refractivity contribution in [2.45, 2.75) is 19.3 Å². The molecule has 0 aliphatic carbocycles. The molecule has 3 heterocycles. The molecule has 29 heavy (non-hydrogen) atoms. The molecule has 0 saturated carbocycles. The van der Waals surface area contributed by atoms with E-state index in [1.807, 2.05) is 65.6 Å². The number of anilines is 1. The molecule has 4 rings (SSSR count). The number of hydrogen-bond acceptors (Lipinski definition) is 5. The van der Waals surface area contributed by atoms with E-state index in [0.29, 0.717) is 13.1 Å². The lowest BCUT2D eigenvalue weighted by Gasteiger charge is -2.36. The van der Waals surface area contributed by atoms with Crippen LogP contribution in [0, 0.1) is 0 Å². The van der Waals surface area contributed by atoms with Gasteiger partial charge in [-0.1, -0.05) is 43.3 Å². The Bertz CT molecular complexity index is 923. The summed E-state index contributed by atoms with van der Waals surface area (Å²) in [5.74, 6) is 0.988. The summed E-state index contributed by atoms with van der Waals surface area (Å²) < 4.78 is 0. The highest BCUT2D eigenvalue weighted by atomic mass is 16.2. The van der Waals surface area contributed by atoms with Crippen LogP contribution in [0.15, 0.2) is 66.9 Å². The highest BCUT2D eigenvalue weighted by molar-refractivity contribution is 5.84. The van der Waals surface area contributed by atoms with E-state index in [-0.39, 0.29) is 11.8 Å². The molecule has 2 aromatic heterocycles. The van der Waals surface area contributed by atoms with E-state index in [1.54, 1.807) is 6.20 Å². The van der Waals surface area contributed by atoms with Crippen LogP contribution in [-0.2, 0) is 4.79 Å². The average molecular weight is 387 g/mol. The average Bonchev–Trinajstić information content (AvgIpc) is 2.81. The number of carbonyl (C=O) groups is 1. The van der Waals surface area contributed by atoms with Gasteiger partial charge < -0.3 is 9.80 Å². The Kier molecular flexibility index (Phi) is 5.79. The van der Waals surface area contributed by atoms with E-state index >= 15 is 0 Å². The topological polar surface area (TPSA) is 62.2 Å². The van der Waals surface area contributed by atoms with Crippen molar-refractivity contribution in [2.24, 2.45) is 0 Å². The normalized spacial score (nSPS) is 15.2. The number of benzene rings is 1. The fraction of sp³-hybridized carbons (Fsp3) is 0.304. The molecule has 0 bridgehead atoms. The van der Waals surface area contributed by atoms with Gasteiger partial charge in [-0.05, 0) is 36.2 Å². The molecule has 0 N–H and O–H groups in total. The first-order valence-electron chi connectivity index (χ1n) is 10.1. The second-order valence-corrected chi connectivity index (χ2v) is 7.18. The molecule has 0 spiro atoms. The molecule has 1 aromatic carbocycles. The van der Waals surface area contributed by atoms with E-state index < -0.39 is 0 Å². The van der Waals surface area contributed by atoms with Crippen LogP contribution < -0.4 is 4.90 Å². The van der Waals surface area contributed by atoms with Crippen molar-refractivity contribution in [2.75, 3.05) is 31.1 Å². The van der Waals surface area contributed by atoms with Crippen LogP contribution in [0.1, 0.15) is 24.8 Å². The van der Waals surface area contributed by atoms with Gasteiger partial charge in [-0.2, -0.15) is 0 Å². The first-order chi connectivity index (χ1) is 14.3. The summed E-state index contributed by atoms with van der Waals surface area (Å²) in [7, 11) is 0. The first-order valence-corrected chi connectivity index (χ1v) is 10.1. The number of aromatic nitrogens is 3. The van der Waals surface area contributed by atoms with Gasteiger partial charge in [0, 0.05) is 32.4 Å². The van der Waals surface area contributed by atoms with Gasteiger partial charge in [0.25, 0.3) is 0 Å². The number of piperazine rings is 1. The van der Waals surface area contributed by atoms with Crippen molar-refractivity contribution in [3.8, 4) is 11.4 Å². The van der Waals surface area contributed by atoms with Crippen LogP contribution in [0.25, 0.3) is 11.4 Å². The maximum Gasteiger partial charge on any atom is 0.230 e. The highest BCUT2D eigenvalue weighted by Crippen LogP contribution is 2.24. The number of hydrogen-bond donors (Lipinski definition) is 0. The summed E-state index contributed by atoms with van der Waals surface area (Å²) in [5, 5.41) is 8.70. The fourth-order valence-electron chi connectivity index (χ4n) is 3.76. The van der Waals surface area contributed by atoms with Gasteiger partial charge in [-0.15, -0.1) is 10.2 Å². The number of amides is 1. The van der Waals surface area contributed by atoms with Crippen LogP contribution in [0.2, 0.25) is 0 Å². The SMILES string of the molecule is CC[C@H](C(=O)N1CCN(c2ccc(-c3ccccn3)nn2)CC1)c1ccccc1. The zero-order valence-electron chi connectivity index (χ0n) is 16.6. The minimum Gasteiger partial charge on any atom is -0.352 e. The third-order valence-electron chi connectivity index (χ3n) is 5.40. The van der Waals surface area contributed by atoms with Crippen LogP contribution >= 0.6 is 0 Å². The molecule has 6 nitrogen and oxygen atoms in total. The predicted molar refractivity (Wildman–Crippen MR) is 114 cm³/mol. The summed E-state index contributed by atoms with van der Waals surface area (Å²) >= 11 is 0.